The summed E-state index contributed by atoms with van der Waals surface area (Å²) >= 11 is 13.2. The van der Waals surface area contributed by atoms with Crippen LogP contribution in [0.3, 0.4) is 0 Å². The van der Waals surface area contributed by atoms with Gasteiger partial charge in [0.2, 0.25) is 0 Å². The summed E-state index contributed by atoms with van der Waals surface area (Å²) in [5.41, 5.74) is 1.13. The van der Waals surface area contributed by atoms with Crippen LogP contribution in [0.4, 0.5) is 15.5 Å². The van der Waals surface area contributed by atoms with Gasteiger partial charge >= 0.3 is 12.0 Å². The van der Waals surface area contributed by atoms with E-state index in [1.807, 2.05) is 30.3 Å². The van der Waals surface area contributed by atoms with Crippen molar-refractivity contribution in [3.63, 3.8) is 0 Å². The molecule has 1 aromatic heterocycles. The highest BCUT2D eigenvalue weighted by molar-refractivity contribution is 7.20. The SMILES string of the molecule is O=C(Nc1sc(-c2ccccc2)cc1C(=O)O)Nc1c(Cl)cccc1Cl. The first-order valence-corrected chi connectivity index (χ1v) is 8.97. The van der Waals surface area contributed by atoms with Crippen molar-refractivity contribution in [3.8, 4) is 10.4 Å². The van der Waals surface area contributed by atoms with Gasteiger partial charge in [-0.15, -0.1) is 11.3 Å². The summed E-state index contributed by atoms with van der Waals surface area (Å²) in [7, 11) is 0. The number of hydrogen-bond donors (Lipinski definition) is 3. The molecule has 2 amide bonds. The summed E-state index contributed by atoms with van der Waals surface area (Å²) in [6.07, 6.45) is 0. The fourth-order valence-electron chi connectivity index (χ4n) is 2.25. The van der Waals surface area contributed by atoms with E-state index in [0.29, 0.717) is 0 Å². The molecule has 3 aromatic rings. The molecule has 0 fully saturated rings. The molecule has 0 saturated heterocycles. The molecule has 0 aliphatic heterocycles. The minimum Gasteiger partial charge on any atom is -0.478 e. The number of hydrogen-bond acceptors (Lipinski definition) is 3. The third-order valence-corrected chi connectivity index (χ3v) is 5.18. The number of carbonyl (C=O) groups is 2. The summed E-state index contributed by atoms with van der Waals surface area (Å²) in [5, 5.41) is 15.3. The molecule has 0 bridgehead atoms. The minimum absolute atomic E-state index is 0.00857. The Morgan fingerprint density at radius 2 is 1.58 bits per heavy atom. The summed E-state index contributed by atoms with van der Waals surface area (Å²) in [6.45, 7) is 0. The predicted molar refractivity (Wildman–Crippen MR) is 106 cm³/mol. The van der Waals surface area contributed by atoms with E-state index in [-0.39, 0.29) is 26.3 Å². The third-order valence-electron chi connectivity index (χ3n) is 3.45. The van der Waals surface area contributed by atoms with Crippen LogP contribution in [0, 0.1) is 0 Å². The summed E-state index contributed by atoms with van der Waals surface area (Å²) in [6, 6.07) is 15.0. The summed E-state index contributed by atoms with van der Waals surface area (Å²) < 4.78 is 0. The van der Waals surface area contributed by atoms with Crippen LogP contribution in [0.5, 0.6) is 0 Å². The highest BCUT2D eigenvalue weighted by atomic mass is 35.5. The molecule has 0 saturated carbocycles. The standard InChI is InChI=1S/C18H12Cl2N2O3S/c19-12-7-4-8-13(20)15(12)21-18(25)22-16-11(17(23)24)9-14(26-16)10-5-2-1-3-6-10/h1-9H,(H,23,24)(H2,21,22,25). The van der Waals surface area contributed by atoms with Crippen molar-refractivity contribution in [3.05, 3.63) is 70.2 Å². The van der Waals surface area contributed by atoms with Gasteiger partial charge in [0, 0.05) is 4.88 Å². The lowest BCUT2D eigenvalue weighted by atomic mass is 10.1. The fourth-order valence-corrected chi connectivity index (χ4v) is 3.80. The van der Waals surface area contributed by atoms with Gasteiger partial charge in [0.15, 0.2) is 0 Å². The molecule has 8 heteroatoms. The Kier molecular flexibility index (Phi) is 5.46. The molecule has 5 nitrogen and oxygen atoms in total. The molecule has 1 heterocycles. The molecule has 0 unspecified atom stereocenters. The molecule has 0 atom stereocenters. The number of amides is 2. The molecular formula is C18H12Cl2N2O3S. The zero-order valence-electron chi connectivity index (χ0n) is 13.1. The number of para-hydroxylation sites is 1. The Morgan fingerprint density at radius 3 is 2.19 bits per heavy atom. The largest absolute Gasteiger partial charge is 0.478 e. The van der Waals surface area contributed by atoms with Gasteiger partial charge in [-0.25, -0.2) is 9.59 Å². The van der Waals surface area contributed by atoms with Gasteiger partial charge in [-0.05, 0) is 23.8 Å². The van der Waals surface area contributed by atoms with E-state index in [1.165, 1.54) is 17.4 Å². The van der Waals surface area contributed by atoms with Crippen LogP contribution in [0.15, 0.2) is 54.6 Å². The number of thiophene rings is 1. The Morgan fingerprint density at radius 1 is 0.923 bits per heavy atom. The number of carboxylic acids is 1. The molecule has 3 rings (SSSR count). The second-order valence-corrected chi connectivity index (χ2v) is 7.07. The van der Waals surface area contributed by atoms with E-state index < -0.39 is 12.0 Å². The predicted octanol–water partition coefficient (Wildman–Crippen LogP) is 6.06. The highest BCUT2D eigenvalue weighted by Gasteiger charge is 2.19. The van der Waals surface area contributed by atoms with Crippen molar-refractivity contribution < 1.29 is 14.7 Å². The monoisotopic (exact) mass is 406 g/mol. The molecule has 26 heavy (non-hydrogen) atoms. The van der Waals surface area contributed by atoms with Crippen molar-refractivity contribution in [2.24, 2.45) is 0 Å². The van der Waals surface area contributed by atoms with E-state index in [1.54, 1.807) is 18.2 Å². The molecule has 132 valence electrons. The van der Waals surface area contributed by atoms with Gasteiger partial charge in [-0.1, -0.05) is 59.6 Å². The van der Waals surface area contributed by atoms with E-state index in [4.69, 9.17) is 23.2 Å². The lowest BCUT2D eigenvalue weighted by Gasteiger charge is -2.10. The summed E-state index contributed by atoms with van der Waals surface area (Å²) in [5.74, 6) is -1.13. The first-order valence-electron chi connectivity index (χ1n) is 7.40. The Bertz CT molecular complexity index is 954. The van der Waals surface area contributed by atoms with Crippen LogP contribution >= 0.6 is 34.5 Å². The van der Waals surface area contributed by atoms with Gasteiger partial charge < -0.3 is 10.4 Å². The van der Waals surface area contributed by atoms with Crippen molar-refractivity contribution in [1.82, 2.24) is 0 Å². The van der Waals surface area contributed by atoms with E-state index in [2.05, 4.69) is 10.6 Å². The average molecular weight is 407 g/mol. The average Bonchev–Trinajstić information content (AvgIpc) is 3.03. The van der Waals surface area contributed by atoms with Gasteiger partial charge in [-0.2, -0.15) is 0 Å². The quantitative estimate of drug-likeness (QED) is 0.492. The van der Waals surface area contributed by atoms with Gasteiger partial charge in [-0.3, -0.25) is 5.32 Å². The topological polar surface area (TPSA) is 78.4 Å². The minimum atomic E-state index is -1.13. The van der Waals surface area contributed by atoms with E-state index in [0.717, 1.165) is 10.4 Å². The molecule has 0 spiro atoms. The van der Waals surface area contributed by atoms with Crippen LogP contribution in [-0.4, -0.2) is 17.1 Å². The van der Waals surface area contributed by atoms with Crippen molar-refractivity contribution in [2.45, 2.75) is 0 Å². The molecule has 0 aliphatic carbocycles. The molecule has 0 radical (unpaired) electrons. The first kappa shape index (κ1) is 18.3. The smallest absolute Gasteiger partial charge is 0.338 e. The van der Waals surface area contributed by atoms with Gasteiger partial charge in [0.1, 0.15) is 5.00 Å². The maximum absolute atomic E-state index is 12.3. The molecule has 3 N–H and O–H groups in total. The van der Waals surface area contributed by atoms with Crippen LogP contribution in [0.1, 0.15) is 10.4 Å². The lowest BCUT2D eigenvalue weighted by Crippen LogP contribution is -2.20. The number of carboxylic acid groups (broad SMARTS) is 1. The second kappa shape index (κ2) is 7.78. The molecule has 0 aliphatic rings. The number of rotatable bonds is 4. The van der Waals surface area contributed by atoms with Crippen molar-refractivity contribution >= 4 is 57.2 Å². The van der Waals surface area contributed by atoms with E-state index in [9.17, 15) is 14.7 Å². The number of halogens is 2. The van der Waals surface area contributed by atoms with Gasteiger partial charge in [0.05, 0.1) is 21.3 Å². The van der Waals surface area contributed by atoms with Crippen LogP contribution in [-0.2, 0) is 0 Å². The molecule has 2 aromatic carbocycles. The number of urea groups is 1. The maximum Gasteiger partial charge on any atom is 0.338 e. The fraction of sp³-hybridized carbons (Fsp3) is 0. The number of carbonyl (C=O) groups excluding carboxylic acids is 1. The van der Waals surface area contributed by atoms with Crippen molar-refractivity contribution in [2.75, 3.05) is 10.6 Å². The van der Waals surface area contributed by atoms with Crippen LogP contribution in [0.25, 0.3) is 10.4 Å². The van der Waals surface area contributed by atoms with Crippen LogP contribution in [0.2, 0.25) is 10.0 Å². The van der Waals surface area contributed by atoms with Crippen molar-refractivity contribution in [1.29, 1.82) is 0 Å². The number of benzene rings is 2. The lowest BCUT2D eigenvalue weighted by molar-refractivity contribution is 0.0698. The Balaban J connectivity index is 1.86. The number of anilines is 2. The molecular weight excluding hydrogens is 395 g/mol. The zero-order chi connectivity index (χ0) is 18.7. The number of aromatic carboxylic acids is 1. The Hall–Kier alpha value is -2.54. The maximum atomic E-state index is 12.3. The van der Waals surface area contributed by atoms with Gasteiger partial charge in [0.25, 0.3) is 0 Å². The first-order chi connectivity index (χ1) is 12.5. The van der Waals surface area contributed by atoms with E-state index >= 15 is 0 Å². The highest BCUT2D eigenvalue weighted by Crippen LogP contribution is 2.36. The Labute approximate surface area is 163 Å². The van der Waals surface area contributed by atoms with Crippen LogP contribution < -0.4 is 10.6 Å². The second-order valence-electron chi connectivity index (χ2n) is 5.20. The normalized spacial score (nSPS) is 10.4. The summed E-state index contributed by atoms with van der Waals surface area (Å²) in [4.78, 5) is 24.5. The third kappa shape index (κ3) is 3.99. The zero-order valence-corrected chi connectivity index (χ0v) is 15.5. The number of nitrogens with one attached hydrogen (secondary N) is 2.